The summed E-state index contributed by atoms with van der Waals surface area (Å²) in [5, 5.41) is 12.5. The zero-order valence-corrected chi connectivity index (χ0v) is 11.7. The van der Waals surface area contributed by atoms with Crippen LogP contribution in [0.1, 0.15) is 10.4 Å². The molecule has 20 heavy (non-hydrogen) atoms. The summed E-state index contributed by atoms with van der Waals surface area (Å²) >= 11 is 11.5. The van der Waals surface area contributed by atoms with Crippen molar-refractivity contribution in [1.29, 1.82) is 0 Å². The highest BCUT2D eigenvalue weighted by molar-refractivity contribution is 6.31. The third-order valence-electron chi connectivity index (χ3n) is 2.31. The van der Waals surface area contributed by atoms with Crippen LogP contribution in [0.5, 0.6) is 11.6 Å². The monoisotopic (exact) mass is 313 g/mol. The van der Waals surface area contributed by atoms with Crippen molar-refractivity contribution >= 4 is 35.1 Å². The Bertz CT molecular complexity index is 664. The molecule has 0 aliphatic rings. The first kappa shape index (κ1) is 14.4. The number of carbonyl (C=O) groups is 1. The number of anilines is 1. The topological polar surface area (TPSA) is 84.3 Å². The van der Waals surface area contributed by atoms with Crippen LogP contribution in [0.3, 0.4) is 0 Å². The molecule has 0 aliphatic heterocycles. The van der Waals surface area contributed by atoms with Crippen LogP contribution >= 0.6 is 23.2 Å². The van der Waals surface area contributed by atoms with Gasteiger partial charge < -0.3 is 9.84 Å². The first-order chi connectivity index (χ1) is 9.49. The number of carbonyl (C=O) groups excluding carboxylic acids is 1. The van der Waals surface area contributed by atoms with Gasteiger partial charge in [-0.25, -0.2) is 4.98 Å². The molecular formula is C12H9Cl2N3O3. The highest BCUT2D eigenvalue weighted by atomic mass is 35.5. The molecule has 0 radical (unpaired) electrons. The zero-order valence-electron chi connectivity index (χ0n) is 10.2. The van der Waals surface area contributed by atoms with Crippen molar-refractivity contribution in [1.82, 2.24) is 9.97 Å². The highest BCUT2D eigenvalue weighted by Crippen LogP contribution is 2.23. The second-order valence-electron chi connectivity index (χ2n) is 3.67. The number of benzene rings is 1. The minimum atomic E-state index is -0.616. The molecule has 6 nitrogen and oxygen atoms in total. The van der Waals surface area contributed by atoms with E-state index in [0.29, 0.717) is 5.02 Å². The predicted octanol–water partition coefficient (Wildman–Crippen LogP) is 2.75. The van der Waals surface area contributed by atoms with Gasteiger partial charge in [0.05, 0.1) is 12.7 Å². The van der Waals surface area contributed by atoms with Gasteiger partial charge in [-0.3, -0.25) is 10.1 Å². The number of ether oxygens (including phenoxy) is 1. The molecule has 0 atom stereocenters. The van der Waals surface area contributed by atoms with Gasteiger partial charge in [-0.05, 0) is 18.2 Å². The summed E-state index contributed by atoms with van der Waals surface area (Å²) in [5.74, 6) is -0.662. The summed E-state index contributed by atoms with van der Waals surface area (Å²) in [6.07, 6.45) is 0. The van der Waals surface area contributed by atoms with E-state index in [4.69, 9.17) is 27.9 Å². The maximum absolute atomic E-state index is 12.0. The van der Waals surface area contributed by atoms with Gasteiger partial charge in [0.15, 0.2) is 0 Å². The Morgan fingerprint density at radius 2 is 2.05 bits per heavy atom. The lowest BCUT2D eigenvalue weighted by Gasteiger charge is -2.07. The van der Waals surface area contributed by atoms with Crippen molar-refractivity contribution in [3.05, 3.63) is 40.0 Å². The van der Waals surface area contributed by atoms with E-state index in [1.807, 2.05) is 0 Å². The molecule has 104 valence electrons. The molecule has 2 N–H and O–H groups in total. The second-order valence-corrected chi connectivity index (χ2v) is 4.50. The third-order valence-corrected chi connectivity index (χ3v) is 2.74. The number of amides is 1. The summed E-state index contributed by atoms with van der Waals surface area (Å²) in [6, 6.07) is 5.51. The van der Waals surface area contributed by atoms with Crippen LogP contribution in [-0.2, 0) is 0 Å². The molecule has 0 saturated heterocycles. The van der Waals surface area contributed by atoms with Gasteiger partial charge in [0.1, 0.15) is 10.9 Å². The van der Waals surface area contributed by atoms with Crippen LogP contribution in [-0.4, -0.2) is 28.1 Å². The minimum absolute atomic E-state index is 0.0000392. The highest BCUT2D eigenvalue weighted by Gasteiger charge is 2.14. The maximum Gasteiger partial charge on any atom is 0.261 e. The van der Waals surface area contributed by atoms with E-state index in [-0.39, 0.29) is 28.3 Å². The van der Waals surface area contributed by atoms with Crippen molar-refractivity contribution in [3.8, 4) is 11.6 Å². The van der Waals surface area contributed by atoms with E-state index in [2.05, 4.69) is 15.3 Å². The average molecular weight is 314 g/mol. The number of phenols is 1. The number of phenolic OH excluding ortho intramolecular Hbond substituents is 1. The molecule has 0 bridgehead atoms. The number of aromatic hydroxyl groups is 1. The van der Waals surface area contributed by atoms with E-state index in [0.717, 1.165) is 0 Å². The van der Waals surface area contributed by atoms with E-state index in [9.17, 15) is 9.90 Å². The molecule has 2 aromatic rings. The van der Waals surface area contributed by atoms with Crippen molar-refractivity contribution in [2.45, 2.75) is 0 Å². The summed E-state index contributed by atoms with van der Waals surface area (Å²) in [5.41, 5.74) is 0.0000392. The molecular weight excluding hydrogens is 305 g/mol. The predicted molar refractivity (Wildman–Crippen MR) is 74.7 cm³/mol. The van der Waals surface area contributed by atoms with E-state index in [1.165, 1.54) is 31.4 Å². The molecule has 2 rings (SSSR count). The van der Waals surface area contributed by atoms with Gasteiger partial charge in [-0.1, -0.05) is 23.2 Å². The third kappa shape index (κ3) is 3.28. The number of methoxy groups -OCH3 is 1. The smallest absolute Gasteiger partial charge is 0.261 e. The molecule has 0 spiro atoms. The second kappa shape index (κ2) is 5.94. The van der Waals surface area contributed by atoms with Gasteiger partial charge in [0, 0.05) is 11.1 Å². The van der Waals surface area contributed by atoms with Crippen LogP contribution in [0.2, 0.25) is 10.2 Å². The number of nitrogens with zero attached hydrogens (tertiary/aromatic N) is 2. The lowest BCUT2D eigenvalue weighted by atomic mass is 10.2. The fourth-order valence-electron chi connectivity index (χ4n) is 1.42. The molecule has 1 heterocycles. The summed E-state index contributed by atoms with van der Waals surface area (Å²) < 4.78 is 4.91. The van der Waals surface area contributed by atoms with Crippen LogP contribution in [0, 0.1) is 0 Å². The number of aromatic nitrogens is 2. The first-order valence-corrected chi connectivity index (χ1v) is 6.13. The van der Waals surface area contributed by atoms with Crippen LogP contribution in [0.4, 0.5) is 5.95 Å². The quantitative estimate of drug-likeness (QED) is 0.851. The Morgan fingerprint density at radius 1 is 1.30 bits per heavy atom. The van der Waals surface area contributed by atoms with Gasteiger partial charge in [0.25, 0.3) is 5.91 Å². The van der Waals surface area contributed by atoms with Crippen LogP contribution in [0.25, 0.3) is 0 Å². The zero-order chi connectivity index (χ0) is 14.7. The first-order valence-electron chi connectivity index (χ1n) is 5.38. The average Bonchev–Trinajstić information content (AvgIpc) is 2.40. The van der Waals surface area contributed by atoms with Crippen molar-refractivity contribution in [2.75, 3.05) is 12.4 Å². The van der Waals surface area contributed by atoms with Crippen LogP contribution < -0.4 is 10.1 Å². The molecule has 8 heteroatoms. The summed E-state index contributed by atoms with van der Waals surface area (Å²) in [6.45, 7) is 0. The van der Waals surface area contributed by atoms with Gasteiger partial charge in [-0.2, -0.15) is 4.98 Å². The van der Waals surface area contributed by atoms with Crippen molar-refractivity contribution < 1.29 is 14.6 Å². The van der Waals surface area contributed by atoms with E-state index < -0.39 is 5.91 Å². The standard InChI is InChI=1S/C12H9Cl2N3O3/c1-20-10-5-9(14)15-12(16-10)17-11(19)7-4-6(13)2-3-8(7)18/h2-5,18H,1H3,(H,15,16,17,19). The van der Waals surface area contributed by atoms with Gasteiger partial charge >= 0.3 is 0 Å². The normalized spacial score (nSPS) is 10.2. The van der Waals surface area contributed by atoms with Crippen molar-refractivity contribution in [3.63, 3.8) is 0 Å². The Kier molecular flexibility index (Phi) is 4.26. The molecule has 1 aromatic heterocycles. The Balaban J connectivity index is 2.27. The fraction of sp³-hybridized carbons (Fsp3) is 0.0833. The Labute approximate surface area is 124 Å². The van der Waals surface area contributed by atoms with Crippen molar-refractivity contribution in [2.24, 2.45) is 0 Å². The number of nitrogens with one attached hydrogen (secondary N) is 1. The number of halogens is 2. The Morgan fingerprint density at radius 3 is 2.75 bits per heavy atom. The molecule has 1 amide bonds. The lowest BCUT2D eigenvalue weighted by molar-refractivity contribution is 0.102. The molecule has 0 fully saturated rings. The fourth-order valence-corrected chi connectivity index (χ4v) is 1.76. The van der Waals surface area contributed by atoms with Crippen LogP contribution in [0.15, 0.2) is 24.3 Å². The van der Waals surface area contributed by atoms with Gasteiger partial charge in [0.2, 0.25) is 11.8 Å². The number of hydrogen-bond donors (Lipinski definition) is 2. The molecule has 0 saturated carbocycles. The minimum Gasteiger partial charge on any atom is -0.507 e. The van der Waals surface area contributed by atoms with Gasteiger partial charge in [-0.15, -0.1) is 0 Å². The largest absolute Gasteiger partial charge is 0.507 e. The number of rotatable bonds is 3. The lowest BCUT2D eigenvalue weighted by Crippen LogP contribution is -2.14. The molecule has 0 aliphatic carbocycles. The number of hydrogen-bond acceptors (Lipinski definition) is 5. The van der Waals surface area contributed by atoms with E-state index >= 15 is 0 Å². The maximum atomic E-state index is 12.0. The summed E-state index contributed by atoms with van der Waals surface area (Å²) in [7, 11) is 1.41. The SMILES string of the molecule is COc1cc(Cl)nc(NC(=O)c2cc(Cl)ccc2O)n1. The Hall–Kier alpha value is -2.05. The molecule has 1 aromatic carbocycles. The van der Waals surface area contributed by atoms with E-state index in [1.54, 1.807) is 0 Å². The molecule has 0 unspecified atom stereocenters. The summed E-state index contributed by atoms with van der Waals surface area (Å²) in [4.78, 5) is 19.7.